The van der Waals surface area contributed by atoms with E-state index in [1.165, 1.54) is 16.0 Å². The highest BCUT2D eigenvalue weighted by atomic mass is 32.1. The van der Waals surface area contributed by atoms with Gasteiger partial charge in [0.05, 0.1) is 23.9 Å². The topological polar surface area (TPSA) is 178 Å². The number of cyclic esters (lactones) is 1. The summed E-state index contributed by atoms with van der Waals surface area (Å²) in [6.45, 7) is 15.8. The number of nitrogens with one attached hydrogen (secondary N) is 3. The predicted molar refractivity (Wildman–Crippen MR) is 290 cm³/mol. The van der Waals surface area contributed by atoms with Crippen LogP contribution < -0.4 is 16.1 Å². The highest BCUT2D eigenvalue weighted by Gasteiger charge is 2.40. The van der Waals surface area contributed by atoms with Gasteiger partial charge in [-0.05, 0) is 110 Å². The van der Waals surface area contributed by atoms with Crippen molar-refractivity contribution in [3.8, 4) is 28.1 Å². The molecule has 5 heterocycles. The monoisotopic (exact) mass is 1020 g/mol. The lowest BCUT2D eigenvalue weighted by molar-refractivity contribution is -0.155. The molecule has 6 bridgehead atoms. The molecule has 69 heavy (non-hydrogen) atoms. The number of benzene rings is 2. The minimum Gasteiger partial charge on any atom is -0.508 e. The Bertz CT molecular complexity index is 2500. The quantitative estimate of drug-likeness (QED) is 0.118. The molecular weight excluding hydrogens is 953 g/mol. The average Bonchev–Trinajstić information content (AvgIpc) is 3.90. The number of phenolic OH excluding ortho intramolecular Hbond substituents is 1. The van der Waals surface area contributed by atoms with Gasteiger partial charge < -0.3 is 34.8 Å². The van der Waals surface area contributed by atoms with Gasteiger partial charge in [-0.2, -0.15) is 54.0 Å². The van der Waals surface area contributed by atoms with Crippen molar-refractivity contribution in [2.75, 3.05) is 40.3 Å². The van der Waals surface area contributed by atoms with Crippen molar-refractivity contribution >= 4 is 94.5 Å². The predicted octanol–water partition coefficient (Wildman–Crippen LogP) is 5.43. The van der Waals surface area contributed by atoms with Gasteiger partial charge in [-0.15, -0.1) is 0 Å². The second-order valence-corrected chi connectivity index (χ2v) is 18.9. The Kier molecular flexibility index (Phi) is 21.2. The number of ether oxygens (including phenoxy) is 1. The number of nitrogens with zero attached hydrogens (tertiary/aromatic N) is 5. The number of rotatable bonds is 10. The van der Waals surface area contributed by atoms with Gasteiger partial charge in [-0.3, -0.25) is 34.0 Å². The molecule has 4 N–H and O–H groups in total. The van der Waals surface area contributed by atoms with Crippen LogP contribution in [-0.2, 0) is 54.6 Å². The number of aryl methyl sites for hydroxylation is 1. The van der Waals surface area contributed by atoms with Crippen LogP contribution in [0.2, 0.25) is 0 Å². The second kappa shape index (κ2) is 24.9. The zero-order valence-electron chi connectivity index (χ0n) is 40.8. The van der Waals surface area contributed by atoms with E-state index in [0.717, 1.165) is 44.5 Å². The number of fused-ring (bicyclic) bond motifs is 6. The van der Waals surface area contributed by atoms with Crippen molar-refractivity contribution in [2.24, 2.45) is 17.3 Å². The Hall–Kier alpha value is -4.66. The number of likely N-dealkylation sites (N-methyl/N-ethyl adjacent to an activating group) is 1. The number of hydrazine groups is 1. The summed E-state index contributed by atoms with van der Waals surface area (Å²) in [6, 6.07) is 12.6. The van der Waals surface area contributed by atoms with Crippen molar-refractivity contribution in [1.82, 2.24) is 40.4 Å². The first-order chi connectivity index (χ1) is 31.0. The minimum absolute atomic E-state index is 0. The maximum Gasteiger partial charge on any atom is 0.324 e. The van der Waals surface area contributed by atoms with E-state index in [1.807, 2.05) is 39.1 Å². The van der Waals surface area contributed by atoms with E-state index in [0.29, 0.717) is 50.9 Å². The Labute approximate surface area is 434 Å². The van der Waals surface area contributed by atoms with E-state index >= 15 is 0 Å². The fourth-order valence-electron chi connectivity index (χ4n) is 9.87. The molecule has 2 aromatic carbocycles. The molecule has 2 fully saturated rings. The number of aromatic nitrogens is 2. The third-order valence-electron chi connectivity index (χ3n) is 13.0. The summed E-state index contributed by atoms with van der Waals surface area (Å²) in [5.74, 6) is -2.83. The summed E-state index contributed by atoms with van der Waals surface area (Å²) < 4.78 is 8.41. The number of hydrogen-bond donors (Lipinski definition) is 4. The molecule has 378 valence electrons. The molecule has 2 saturated heterocycles. The summed E-state index contributed by atoms with van der Waals surface area (Å²) >= 11 is 0. The van der Waals surface area contributed by atoms with Gasteiger partial charge in [0.15, 0.2) is 0 Å². The molecule has 7 rings (SSSR count). The van der Waals surface area contributed by atoms with Crippen LogP contribution in [-0.4, -0.2) is 118 Å². The summed E-state index contributed by atoms with van der Waals surface area (Å²) in [5.41, 5.74) is 9.85. The van der Waals surface area contributed by atoms with E-state index < -0.39 is 47.2 Å². The summed E-state index contributed by atoms with van der Waals surface area (Å²) in [4.78, 5) is 77.1. The lowest BCUT2D eigenvalue weighted by Crippen LogP contribution is -2.62. The van der Waals surface area contributed by atoms with Gasteiger partial charge in [0.25, 0.3) is 5.91 Å². The second-order valence-electron chi connectivity index (χ2n) is 18.9. The highest BCUT2D eigenvalue weighted by Crippen LogP contribution is 2.41. The van der Waals surface area contributed by atoms with E-state index in [4.69, 9.17) is 9.72 Å². The summed E-state index contributed by atoms with van der Waals surface area (Å²) in [5, 5.41) is 20.0. The van der Waals surface area contributed by atoms with Crippen LogP contribution in [0.5, 0.6) is 5.75 Å². The number of likely N-dealkylation sites (tertiary alicyclic amines) is 1. The van der Waals surface area contributed by atoms with Gasteiger partial charge in [-0.25, -0.2) is 5.43 Å². The molecular formula is C50H72N8O7S4. The first-order valence-corrected chi connectivity index (χ1v) is 22.8. The van der Waals surface area contributed by atoms with Crippen molar-refractivity contribution < 1.29 is 33.8 Å². The number of pyridine rings is 1. The number of carbonyl (C=O) groups excluding carboxylic acids is 5. The molecule has 15 nitrogen and oxygen atoms in total. The molecule has 3 aliphatic heterocycles. The maximum atomic E-state index is 14.7. The molecule has 0 saturated carbocycles. The van der Waals surface area contributed by atoms with E-state index in [2.05, 4.69) is 66.2 Å². The Morgan fingerprint density at radius 1 is 1.04 bits per heavy atom. The smallest absolute Gasteiger partial charge is 0.324 e. The first-order valence-electron chi connectivity index (χ1n) is 22.8. The summed E-state index contributed by atoms with van der Waals surface area (Å²) in [7, 11) is 3.48. The molecule has 3 aliphatic rings. The Balaban J connectivity index is 0.00000315. The van der Waals surface area contributed by atoms with Crippen LogP contribution in [0.25, 0.3) is 33.3 Å². The number of hydrogen-bond acceptors (Lipinski definition) is 10. The van der Waals surface area contributed by atoms with Gasteiger partial charge in [0, 0.05) is 74.3 Å². The molecule has 4 aromatic rings. The van der Waals surface area contributed by atoms with Crippen LogP contribution in [0, 0.1) is 17.3 Å². The third kappa shape index (κ3) is 12.8. The standard InChI is InChI=1S/C50H64N8O7.4H2S/c1-9-43(60)56-20-17-33(28-56)47(62)55(8)44(30(3)4)46(61)53-40-23-31-21-34(24-35(59)22-31)32-15-16-42-37(25-32)38(45(57(42)10-2)36-13-11-18-52-41(36)27-51-7)26-50(5,6)29-65-49(64)39-14-12-19-58(54-39)48(40)63;;;;/h9,11,13,15-16,18,21-22,24-25,30,33,39-40,44,51,54,59H,1,10,12,14,17,19-20,23,26-29H2,2-8H3,(H,53,61);4*1H2/t33-,39-,40-,44-;;;;/m0..../s1. The molecule has 0 spiro atoms. The molecule has 0 radical (unpaired) electrons. The van der Waals surface area contributed by atoms with Crippen LogP contribution in [0.15, 0.2) is 67.4 Å². The van der Waals surface area contributed by atoms with E-state index in [-0.39, 0.29) is 104 Å². The number of amides is 4. The van der Waals surface area contributed by atoms with E-state index in [1.54, 1.807) is 30.3 Å². The Morgan fingerprint density at radius 2 is 1.78 bits per heavy atom. The lowest BCUT2D eigenvalue weighted by atomic mass is 9.84. The number of carbonyl (C=O) groups is 5. The molecule has 0 aliphatic carbocycles. The minimum atomic E-state index is -1.16. The zero-order valence-corrected chi connectivity index (χ0v) is 44.8. The first kappa shape index (κ1) is 58.7. The third-order valence-corrected chi connectivity index (χ3v) is 13.0. The molecule has 4 amide bonds. The largest absolute Gasteiger partial charge is 0.508 e. The van der Waals surface area contributed by atoms with Crippen molar-refractivity contribution in [2.45, 2.75) is 97.9 Å². The fourth-order valence-corrected chi connectivity index (χ4v) is 9.87. The normalized spacial score (nSPS) is 19.4. The van der Waals surface area contributed by atoms with Crippen LogP contribution >= 0.6 is 54.0 Å². The average molecular weight is 1030 g/mol. The summed E-state index contributed by atoms with van der Waals surface area (Å²) in [6.07, 6.45) is 5.01. The zero-order chi connectivity index (χ0) is 46.7. The molecule has 19 heteroatoms. The van der Waals surface area contributed by atoms with Crippen molar-refractivity contribution in [1.29, 1.82) is 0 Å². The number of phenols is 1. The van der Waals surface area contributed by atoms with E-state index in [9.17, 15) is 29.1 Å². The van der Waals surface area contributed by atoms with Crippen LogP contribution in [0.1, 0.15) is 70.7 Å². The molecule has 0 unspecified atom stereocenters. The number of aromatic hydroxyl groups is 1. The SMILES string of the molecule is C=CC(=O)N1CC[C@H](C(=O)N(C)[C@H](C(=O)N[C@H]2Cc3cc(O)cc(c3)-c3ccc4c(c3)c(c(-c3cccnc3CNC)n4CC)CC(C)(C)COC(=O)[C@@H]3CCCN(N3)C2=O)C(C)C)C1.S.S.S.S. The van der Waals surface area contributed by atoms with Gasteiger partial charge in [0.2, 0.25) is 17.7 Å². The molecule has 2 aromatic heterocycles. The van der Waals surface area contributed by atoms with Gasteiger partial charge in [0.1, 0.15) is 23.9 Å². The van der Waals surface area contributed by atoms with Gasteiger partial charge in [-0.1, -0.05) is 46.4 Å². The maximum absolute atomic E-state index is 14.7. The van der Waals surface area contributed by atoms with Crippen LogP contribution in [0.4, 0.5) is 0 Å². The molecule has 4 atom stereocenters. The van der Waals surface area contributed by atoms with Gasteiger partial charge >= 0.3 is 5.97 Å². The highest BCUT2D eigenvalue weighted by molar-refractivity contribution is 7.59. The Morgan fingerprint density at radius 3 is 2.46 bits per heavy atom. The van der Waals surface area contributed by atoms with Crippen LogP contribution in [0.3, 0.4) is 0 Å². The fraction of sp³-hybridized carbons (Fsp3) is 0.480. The number of esters is 1. The van der Waals surface area contributed by atoms with Crippen molar-refractivity contribution in [3.63, 3.8) is 0 Å². The lowest BCUT2D eigenvalue weighted by Gasteiger charge is -2.37. The van der Waals surface area contributed by atoms with Crippen molar-refractivity contribution in [3.05, 3.63) is 84.2 Å².